The second-order valence-electron chi connectivity index (χ2n) is 12.8. The Morgan fingerprint density at radius 3 is 2.32 bits per heavy atom. The number of carbonyl (C=O) groups is 1. The zero-order chi connectivity index (χ0) is 22.0. The average Bonchev–Trinajstić information content (AvgIpc) is 3.48. The number of fused-ring (bicyclic) bond motifs is 5. The highest BCUT2D eigenvalue weighted by atomic mass is 16.4. The van der Waals surface area contributed by atoms with E-state index in [-0.39, 0.29) is 29.5 Å². The van der Waals surface area contributed by atoms with Crippen molar-refractivity contribution in [2.45, 2.75) is 110 Å². The summed E-state index contributed by atoms with van der Waals surface area (Å²) in [6.45, 7) is 5.00. The Morgan fingerprint density at radius 1 is 0.903 bits per heavy atom. The summed E-state index contributed by atoms with van der Waals surface area (Å²) in [5.41, 5.74) is 0.535. The van der Waals surface area contributed by atoms with E-state index in [4.69, 9.17) is 5.11 Å². The van der Waals surface area contributed by atoms with Crippen LogP contribution in [-0.4, -0.2) is 33.5 Å². The first kappa shape index (κ1) is 22.2. The van der Waals surface area contributed by atoms with E-state index in [9.17, 15) is 15.0 Å². The molecule has 0 aromatic heterocycles. The predicted octanol–water partition coefficient (Wildman–Crippen LogP) is 5.26. The third-order valence-corrected chi connectivity index (χ3v) is 11.4. The summed E-state index contributed by atoms with van der Waals surface area (Å²) < 4.78 is 0. The molecule has 0 saturated heterocycles. The maximum Gasteiger partial charge on any atom is 0.303 e. The van der Waals surface area contributed by atoms with Gasteiger partial charge in [0.2, 0.25) is 0 Å². The highest BCUT2D eigenvalue weighted by Gasteiger charge is 2.64. The van der Waals surface area contributed by atoms with Crippen LogP contribution in [0.1, 0.15) is 97.3 Å². The van der Waals surface area contributed by atoms with Crippen molar-refractivity contribution in [1.82, 2.24) is 0 Å². The lowest BCUT2D eigenvalue weighted by atomic mass is 9.41. The van der Waals surface area contributed by atoms with Gasteiger partial charge in [-0.3, -0.25) is 4.79 Å². The van der Waals surface area contributed by atoms with E-state index >= 15 is 0 Å². The summed E-state index contributed by atoms with van der Waals surface area (Å²) in [5.74, 6) is 3.17. The number of aliphatic hydroxyl groups excluding tert-OH is 2. The van der Waals surface area contributed by atoms with E-state index in [1.165, 1.54) is 44.9 Å². The van der Waals surface area contributed by atoms with E-state index in [2.05, 4.69) is 13.8 Å². The van der Waals surface area contributed by atoms with Gasteiger partial charge in [0.05, 0.1) is 12.2 Å². The molecule has 0 aliphatic heterocycles. The van der Waals surface area contributed by atoms with Gasteiger partial charge in [0.25, 0.3) is 0 Å². The Kier molecular flexibility index (Phi) is 5.73. The third-order valence-electron chi connectivity index (χ3n) is 11.4. The highest BCUT2D eigenvalue weighted by Crippen LogP contribution is 2.69. The topological polar surface area (TPSA) is 77.8 Å². The van der Waals surface area contributed by atoms with Gasteiger partial charge in [0.15, 0.2) is 0 Å². The van der Waals surface area contributed by atoms with Crippen LogP contribution in [-0.2, 0) is 4.79 Å². The summed E-state index contributed by atoms with van der Waals surface area (Å²) in [7, 11) is 0. The van der Waals surface area contributed by atoms with Crippen molar-refractivity contribution in [3.05, 3.63) is 0 Å². The molecule has 5 aliphatic rings. The fourth-order valence-corrected chi connectivity index (χ4v) is 9.56. The van der Waals surface area contributed by atoms with Gasteiger partial charge in [-0.25, -0.2) is 0 Å². The second-order valence-corrected chi connectivity index (χ2v) is 12.8. The van der Waals surface area contributed by atoms with Crippen LogP contribution in [0.4, 0.5) is 0 Å². The molecule has 0 radical (unpaired) electrons. The molecule has 5 saturated carbocycles. The number of aliphatic hydroxyl groups is 2. The van der Waals surface area contributed by atoms with Gasteiger partial charge in [-0.05, 0) is 116 Å². The van der Waals surface area contributed by atoms with Crippen molar-refractivity contribution < 1.29 is 20.1 Å². The standard InChI is InChI=1S/C27H44O4/c1-26-13-11-21-24(20(26)9-8-17(26)4-3-5-23(29)30)25(31)19(14-16-6-7-16)22-15-18(28)10-12-27(21,22)2/h16-22,24-25,28,31H,3-15H2,1-2H3,(H,29,30)/t17-,18+,19+,20?,21?,22-,24-,25+,26+,27+/m0/s1. The van der Waals surface area contributed by atoms with Crippen LogP contribution in [0.25, 0.3) is 0 Å². The first-order chi connectivity index (χ1) is 14.7. The number of aliphatic carboxylic acids is 1. The minimum Gasteiger partial charge on any atom is -0.481 e. The maximum atomic E-state index is 11.9. The average molecular weight is 433 g/mol. The van der Waals surface area contributed by atoms with Crippen molar-refractivity contribution >= 4 is 5.97 Å². The first-order valence-electron chi connectivity index (χ1n) is 13.3. The zero-order valence-electron chi connectivity index (χ0n) is 19.6. The number of hydrogen-bond donors (Lipinski definition) is 3. The smallest absolute Gasteiger partial charge is 0.303 e. The van der Waals surface area contributed by atoms with Crippen molar-refractivity contribution in [1.29, 1.82) is 0 Å². The molecule has 5 fully saturated rings. The fraction of sp³-hybridized carbons (Fsp3) is 0.963. The van der Waals surface area contributed by atoms with E-state index in [0.29, 0.717) is 35.5 Å². The van der Waals surface area contributed by atoms with E-state index < -0.39 is 5.97 Å². The third kappa shape index (κ3) is 3.68. The Labute approximate surface area is 188 Å². The lowest BCUT2D eigenvalue weighted by molar-refractivity contribution is -0.203. The zero-order valence-corrected chi connectivity index (χ0v) is 19.6. The summed E-state index contributed by atoms with van der Waals surface area (Å²) in [4.78, 5) is 11.0. The molecule has 0 heterocycles. The van der Waals surface area contributed by atoms with Crippen molar-refractivity contribution in [3.8, 4) is 0 Å². The fourth-order valence-electron chi connectivity index (χ4n) is 9.56. The van der Waals surface area contributed by atoms with E-state index in [1.807, 2.05) is 0 Å². The summed E-state index contributed by atoms with van der Waals surface area (Å²) >= 11 is 0. The minimum absolute atomic E-state index is 0.178. The SMILES string of the molecule is C[C@]12CCC3[C@H](C1CC[C@@H]2CCCC(=O)O)[C@H](O)[C@H](CC1CC1)[C@@H]1C[C@H](O)CC[C@]31C. The molecular formula is C27H44O4. The van der Waals surface area contributed by atoms with Gasteiger partial charge < -0.3 is 15.3 Å². The lowest BCUT2D eigenvalue weighted by Crippen LogP contribution is -2.62. The number of carboxylic acids is 1. The van der Waals surface area contributed by atoms with Crippen LogP contribution < -0.4 is 0 Å². The van der Waals surface area contributed by atoms with Crippen LogP contribution in [0.5, 0.6) is 0 Å². The molecule has 4 heteroatoms. The molecule has 0 aromatic rings. The molecule has 0 spiro atoms. The quantitative estimate of drug-likeness (QED) is 0.535. The van der Waals surface area contributed by atoms with Crippen LogP contribution in [0, 0.1) is 52.3 Å². The van der Waals surface area contributed by atoms with Crippen LogP contribution in [0.15, 0.2) is 0 Å². The molecule has 2 unspecified atom stereocenters. The number of carboxylic acid groups (broad SMARTS) is 1. The van der Waals surface area contributed by atoms with E-state index in [0.717, 1.165) is 38.0 Å². The monoisotopic (exact) mass is 432 g/mol. The summed E-state index contributed by atoms with van der Waals surface area (Å²) in [5, 5.41) is 31.5. The minimum atomic E-state index is -0.674. The largest absolute Gasteiger partial charge is 0.481 e. The summed E-state index contributed by atoms with van der Waals surface area (Å²) in [6, 6.07) is 0. The molecule has 0 bridgehead atoms. The highest BCUT2D eigenvalue weighted by molar-refractivity contribution is 5.66. The number of rotatable bonds is 6. The molecule has 5 rings (SSSR count). The van der Waals surface area contributed by atoms with Crippen molar-refractivity contribution in [3.63, 3.8) is 0 Å². The van der Waals surface area contributed by atoms with Crippen molar-refractivity contribution in [2.24, 2.45) is 52.3 Å². The van der Waals surface area contributed by atoms with Gasteiger partial charge in [-0.15, -0.1) is 0 Å². The Balaban J connectivity index is 1.41. The Hall–Kier alpha value is -0.610. The molecule has 176 valence electrons. The van der Waals surface area contributed by atoms with Gasteiger partial charge in [0.1, 0.15) is 0 Å². The molecule has 31 heavy (non-hydrogen) atoms. The lowest BCUT2D eigenvalue weighted by Gasteiger charge is -2.64. The first-order valence-corrected chi connectivity index (χ1v) is 13.3. The molecule has 4 nitrogen and oxygen atoms in total. The normalized spacial score (nSPS) is 51.6. The second kappa shape index (κ2) is 8.01. The molecular weight excluding hydrogens is 388 g/mol. The predicted molar refractivity (Wildman–Crippen MR) is 120 cm³/mol. The van der Waals surface area contributed by atoms with Crippen molar-refractivity contribution in [2.75, 3.05) is 0 Å². The van der Waals surface area contributed by atoms with Gasteiger partial charge in [-0.1, -0.05) is 26.7 Å². The molecule has 10 atom stereocenters. The van der Waals surface area contributed by atoms with Gasteiger partial charge >= 0.3 is 5.97 Å². The molecule has 0 amide bonds. The van der Waals surface area contributed by atoms with Crippen LogP contribution >= 0.6 is 0 Å². The Bertz CT molecular complexity index is 689. The van der Waals surface area contributed by atoms with Crippen LogP contribution in [0.3, 0.4) is 0 Å². The molecule has 3 N–H and O–H groups in total. The van der Waals surface area contributed by atoms with E-state index in [1.54, 1.807) is 0 Å². The molecule has 5 aliphatic carbocycles. The summed E-state index contributed by atoms with van der Waals surface area (Å²) in [6.07, 6.45) is 13.4. The maximum absolute atomic E-state index is 11.9. The molecule has 0 aromatic carbocycles. The van der Waals surface area contributed by atoms with Gasteiger partial charge in [0, 0.05) is 6.42 Å². The number of hydrogen-bond acceptors (Lipinski definition) is 3. The Morgan fingerprint density at radius 2 is 1.61 bits per heavy atom. The van der Waals surface area contributed by atoms with Crippen LogP contribution in [0.2, 0.25) is 0 Å². The van der Waals surface area contributed by atoms with Gasteiger partial charge in [-0.2, -0.15) is 0 Å².